The molecule has 5 nitrogen and oxygen atoms in total. The highest BCUT2D eigenvalue weighted by Crippen LogP contribution is 2.20. The first-order chi connectivity index (χ1) is 9.44. The number of hydrogen-bond acceptors (Lipinski definition) is 4. The average Bonchev–Trinajstić information content (AvgIpc) is 2.39. The fourth-order valence-corrected chi connectivity index (χ4v) is 2.71. The predicted molar refractivity (Wildman–Crippen MR) is 77.8 cm³/mol. The number of piperidine rings is 2. The second-order valence-corrected chi connectivity index (χ2v) is 6.77. The lowest BCUT2D eigenvalue weighted by molar-refractivity contribution is -0.0528. The van der Waals surface area contributed by atoms with Gasteiger partial charge in [-0.15, -0.1) is 0 Å². The second kappa shape index (κ2) is 6.76. The summed E-state index contributed by atoms with van der Waals surface area (Å²) >= 11 is 0. The summed E-state index contributed by atoms with van der Waals surface area (Å²) in [6.45, 7) is 9.24. The molecule has 2 rings (SSSR count). The molecule has 0 spiro atoms. The van der Waals surface area contributed by atoms with Crippen molar-refractivity contribution < 1.29 is 14.3 Å². The van der Waals surface area contributed by atoms with Crippen molar-refractivity contribution in [3.63, 3.8) is 0 Å². The smallest absolute Gasteiger partial charge is 0.410 e. The van der Waals surface area contributed by atoms with E-state index in [2.05, 4.69) is 5.32 Å². The Morgan fingerprint density at radius 2 is 1.85 bits per heavy atom. The number of nitrogens with zero attached hydrogens (tertiary/aromatic N) is 1. The summed E-state index contributed by atoms with van der Waals surface area (Å²) in [5, 5.41) is 3.37. The van der Waals surface area contributed by atoms with E-state index in [9.17, 15) is 4.79 Å². The Bertz CT molecular complexity index is 314. The van der Waals surface area contributed by atoms with Gasteiger partial charge >= 0.3 is 6.09 Å². The number of carbonyl (C=O) groups excluding carboxylic acids is 1. The molecule has 2 saturated heterocycles. The van der Waals surface area contributed by atoms with E-state index in [0.717, 1.165) is 45.4 Å². The van der Waals surface area contributed by atoms with Gasteiger partial charge in [-0.3, -0.25) is 0 Å². The molecule has 2 aliphatic rings. The van der Waals surface area contributed by atoms with Crippen LogP contribution in [0.25, 0.3) is 0 Å². The lowest BCUT2D eigenvalue weighted by Crippen LogP contribution is -2.45. The quantitative estimate of drug-likeness (QED) is 0.844. The molecule has 1 amide bonds. The van der Waals surface area contributed by atoms with E-state index in [1.807, 2.05) is 20.8 Å². The molecule has 0 aromatic heterocycles. The van der Waals surface area contributed by atoms with Crippen LogP contribution in [0.5, 0.6) is 0 Å². The third-order valence-corrected chi connectivity index (χ3v) is 3.73. The third kappa shape index (κ3) is 4.94. The van der Waals surface area contributed by atoms with Gasteiger partial charge in [0, 0.05) is 19.6 Å². The largest absolute Gasteiger partial charge is 0.444 e. The Morgan fingerprint density at radius 3 is 2.40 bits per heavy atom. The zero-order valence-electron chi connectivity index (χ0n) is 13.0. The van der Waals surface area contributed by atoms with Gasteiger partial charge in [0.15, 0.2) is 0 Å². The normalized spacial score (nSPS) is 25.6. The number of likely N-dealkylation sites (tertiary alicyclic amines) is 1. The molecule has 1 atom stereocenters. The molecule has 0 bridgehead atoms. The molecule has 2 fully saturated rings. The molecular formula is C15H28N2O3. The van der Waals surface area contributed by atoms with Gasteiger partial charge < -0.3 is 19.7 Å². The van der Waals surface area contributed by atoms with Gasteiger partial charge in [0.25, 0.3) is 0 Å². The molecule has 0 aromatic rings. The maximum atomic E-state index is 12.0. The maximum absolute atomic E-state index is 12.0. The molecule has 116 valence electrons. The fraction of sp³-hybridized carbons (Fsp3) is 0.933. The zero-order valence-corrected chi connectivity index (χ0v) is 13.0. The summed E-state index contributed by atoms with van der Waals surface area (Å²) in [5.41, 5.74) is -0.418. The molecule has 20 heavy (non-hydrogen) atoms. The fourth-order valence-electron chi connectivity index (χ4n) is 2.71. The lowest BCUT2D eigenvalue weighted by atomic mass is 10.1. The summed E-state index contributed by atoms with van der Waals surface area (Å²) in [5.74, 6) is 0. The Hall–Kier alpha value is -0.810. The van der Waals surface area contributed by atoms with E-state index >= 15 is 0 Å². The first kappa shape index (κ1) is 15.6. The SMILES string of the molecule is CC(C)(C)OC(=O)N1CCC(OC2CCCNC2)CC1. The molecule has 5 heteroatoms. The molecule has 2 aliphatic heterocycles. The van der Waals surface area contributed by atoms with Crippen molar-refractivity contribution >= 4 is 6.09 Å². The first-order valence-corrected chi connectivity index (χ1v) is 7.78. The molecular weight excluding hydrogens is 256 g/mol. The molecule has 0 saturated carbocycles. The van der Waals surface area contributed by atoms with Crippen LogP contribution in [0.4, 0.5) is 4.79 Å². The number of nitrogens with one attached hydrogen (secondary N) is 1. The van der Waals surface area contributed by atoms with E-state index in [1.165, 1.54) is 6.42 Å². The van der Waals surface area contributed by atoms with E-state index in [0.29, 0.717) is 12.2 Å². The monoisotopic (exact) mass is 284 g/mol. The molecule has 0 aromatic carbocycles. The van der Waals surface area contributed by atoms with Crippen LogP contribution in [0, 0.1) is 0 Å². The minimum absolute atomic E-state index is 0.199. The van der Waals surface area contributed by atoms with Gasteiger partial charge in [-0.05, 0) is 53.0 Å². The van der Waals surface area contributed by atoms with Gasteiger partial charge in [-0.2, -0.15) is 0 Å². The van der Waals surface area contributed by atoms with Crippen molar-refractivity contribution in [2.45, 2.75) is 64.3 Å². The number of carbonyl (C=O) groups is 1. The number of amides is 1. The average molecular weight is 284 g/mol. The van der Waals surface area contributed by atoms with Gasteiger partial charge in [0.2, 0.25) is 0 Å². The Balaban J connectivity index is 1.70. The summed E-state index contributed by atoms with van der Waals surface area (Å²) in [4.78, 5) is 13.8. The van der Waals surface area contributed by atoms with E-state index in [1.54, 1.807) is 4.90 Å². The van der Waals surface area contributed by atoms with Crippen molar-refractivity contribution in [2.75, 3.05) is 26.2 Å². The highest BCUT2D eigenvalue weighted by molar-refractivity contribution is 5.68. The first-order valence-electron chi connectivity index (χ1n) is 7.78. The minimum Gasteiger partial charge on any atom is -0.444 e. The van der Waals surface area contributed by atoms with Gasteiger partial charge in [0.05, 0.1) is 12.2 Å². The van der Waals surface area contributed by atoms with Crippen LogP contribution in [-0.4, -0.2) is 55.0 Å². The number of hydrogen-bond donors (Lipinski definition) is 1. The lowest BCUT2D eigenvalue weighted by Gasteiger charge is -2.35. The van der Waals surface area contributed by atoms with Crippen LogP contribution in [0.1, 0.15) is 46.5 Å². The molecule has 1 N–H and O–H groups in total. The Kier molecular flexibility index (Phi) is 5.27. The van der Waals surface area contributed by atoms with E-state index < -0.39 is 5.60 Å². The predicted octanol–water partition coefficient (Wildman–Crippen LogP) is 2.15. The Labute approximate surface area is 122 Å². The molecule has 1 unspecified atom stereocenters. The number of ether oxygens (including phenoxy) is 2. The maximum Gasteiger partial charge on any atom is 0.410 e. The van der Waals surface area contributed by atoms with Crippen LogP contribution in [0.15, 0.2) is 0 Å². The summed E-state index contributed by atoms with van der Waals surface area (Å²) in [6, 6.07) is 0. The molecule has 2 heterocycles. The second-order valence-electron chi connectivity index (χ2n) is 6.77. The van der Waals surface area contributed by atoms with Crippen molar-refractivity contribution in [2.24, 2.45) is 0 Å². The molecule has 0 radical (unpaired) electrons. The van der Waals surface area contributed by atoms with Crippen LogP contribution >= 0.6 is 0 Å². The topological polar surface area (TPSA) is 50.8 Å². The minimum atomic E-state index is -0.418. The highest BCUT2D eigenvalue weighted by Gasteiger charge is 2.28. The van der Waals surface area contributed by atoms with Gasteiger partial charge in [-0.1, -0.05) is 0 Å². The molecule has 0 aliphatic carbocycles. The van der Waals surface area contributed by atoms with Crippen LogP contribution < -0.4 is 5.32 Å². The number of rotatable bonds is 2. The summed E-state index contributed by atoms with van der Waals surface area (Å²) < 4.78 is 11.5. The van der Waals surface area contributed by atoms with Crippen molar-refractivity contribution in [3.8, 4) is 0 Å². The van der Waals surface area contributed by atoms with Crippen molar-refractivity contribution in [3.05, 3.63) is 0 Å². The van der Waals surface area contributed by atoms with E-state index in [-0.39, 0.29) is 6.09 Å². The van der Waals surface area contributed by atoms with Gasteiger partial charge in [-0.25, -0.2) is 4.79 Å². The standard InChI is InChI=1S/C15H28N2O3/c1-15(2,3)20-14(18)17-9-6-12(7-10-17)19-13-5-4-8-16-11-13/h12-13,16H,4-11H2,1-3H3. The highest BCUT2D eigenvalue weighted by atomic mass is 16.6. The third-order valence-electron chi connectivity index (χ3n) is 3.73. The zero-order chi connectivity index (χ0) is 14.6. The Morgan fingerprint density at radius 1 is 1.15 bits per heavy atom. The van der Waals surface area contributed by atoms with Crippen LogP contribution in [0.3, 0.4) is 0 Å². The van der Waals surface area contributed by atoms with Crippen molar-refractivity contribution in [1.82, 2.24) is 10.2 Å². The van der Waals surface area contributed by atoms with Gasteiger partial charge in [0.1, 0.15) is 5.60 Å². The van der Waals surface area contributed by atoms with E-state index in [4.69, 9.17) is 9.47 Å². The van der Waals surface area contributed by atoms with Crippen molar-refractivity contribution in [1.29, 1.82) is 0 Å². The summed E-state index contributed by atoms with van der Waals surface area (Å²) in [7, 11) is 0. The van der Waals surface area contributed by atoms with Crippen LogP contribution in [-0.2, 0) is 9.47 Å². The summed E-state index contributed by atoms with van der Waals surface area (Å²) in [6.07, 6.45) is 4.61. The van der Waals surface area contributed by atoms with Crippen LogP contribution in [0.2, 0.25) is 0 Å².